The number of hydrogen-bond acceptors (Lipinski definition) is 2. The molecule has 1 heterocycles. The summed E-state index contributed by atoms with van der Waals surface area (Å²) in [6.45, 7) is 5.40. The van der Waals surface area contributed by atoms with Gasteiger partial charge in [0.1, 0.15) is 0 Å². The van der Waals surface area contributed by atoms with E-state index in [-0.39, 0.29) is 5.54 Å². The van der Waals surface area contributed by atoms with Crippen LogP contribution in [0, 0.1) is 0 Å². The van der Waals surface area contributed by atoms with Gasteiger partial charge in [0.05, 0.1) is 6.33 Å². The molecule has 0 saturated heterocycles. The number of imidazole rings is 1. The van der Waals surface area contributed by atoms with Gasteiger partial charge in [-0.05, 0) is 31.6 Å². The fraction of sp³-hybridized carbons (Fsp3) is 0.750. The molecule has 2 rings (SSSR count). The van der Waals surface area contributed by atoms with Crippen LogP contribution >= 0.6 is 0 Å². The van der Waals surface area contributed by atoms with Crippen LogP contribution < -0.4 is 5.73 Å². The third-order valence-electron chi connectivity index (χ3n) is 3.70. The smallest absolute Gasteiger partial charge is 0.0948 e. The normalized spacial score (nSPS) is 21.0. The summed E-state index contributed by atoms with van der Waals surface area (Å²) in [7, 11) is 0. The standard InChI is InChI=1S/C12H21N3/c1-3-10(2)11-7-14-9-15(11)8-12(13)5-4-6-12/h7,9-10H,3-6,8,13H2,1-2H3. The number of aromatic nitrogens is 2. The average molecular weight is 207 g/mol. The Morgan fingerprint density at radius 3 is 2.87 bits per heavy atom. The highest BCUT2D eigenvalue weighted by Gasteiger charge is 2.33. The number of nitrogens with zero attached hydrogens (tertiary/aromatic N) is 2. The summed E-state index contributed by atoms with van der Waals surface area (Å²) in [5.74, 6) is 0.580. The second-order valence-electron chi connectivity index (χ2n) is 4.97. The van der Waals surface area contributed by atoms with Crippen molar-refractivity contribution in [1.29, 1.82) is 0 Å². The zero-order chi connectivity index (χ0) is 10.9. The van der Waals surface area contributed by atoms with E-state index in [1.54, 1.807) is 0 Å². The molecule has 3 heteroatoms. The maximum atomic E-state index is 6.26. The monoisotopic (exact) mass is 207 g/mol. The highest BCUT2D eigenvalue weighted by molar-refractivity contribution is 5.07. The maximum Gasteiger partial charge on any atom is 0.0948 e. The largest absolute Gasteiger partial charge is 0.332 e. The Hall–Kier alpha value is -0.830. The molecule has 1 aromatic heterocycles. The van der Waals surface area contributed by atoms with Crippen LogP contribution in [0.4, 0.5) is 0 Å². The molecule has 0 amide bonds. The lowest BCUT2D eigenvalue weighted by molar-refractivity contribution is 0.212. The minimum absolute atomic E-state index is 0.0446. The Morgan fingerprint density at radius 1 is 1.60 bits per heavy atom. The fourth-order valence-corrected chi connectivity index (χ4v) is 2.21. The van der Waals surface area contributed by atoms with Gasteiger partial charge in [-0.1, -0.05) is 13.8 Å². The molecule has 1 aromatic rings. The molecule has 84 valence electrons. The van der Waals surface area contributed by atoms with Gasteiger partial charge < -0.3 is 10.3 Å². The van der Waals surface area contributed by atoms with Gasteiger partial charge in [-0.3, -0.25) is 0 Å². The minimum Gasteiger partial charge on any atom is -0.332 e. The SMILES string of the molecule is CCC(C)c1cncn1CC1(N)CCC1. The molecule has 0 aromatic carbocycles. The average Bonchev–Trinajstić information content (AvgIpc) is 2.62. The Kier molecular flexibility index (Phi) is 2.83. The second-order valence-corrected chi connectivity index (χ2v) is 4.97. The Balaban J connectivity index is 2.10. The third-order valence-corrected chi connectivity index (χ3v) is 3.70. The van der Waals surface area contributed by atoms with Crippen LogP contribution in [0.25, 0.3) is 0 Å². The quantitative estimate of drug-likeness (QED) is 0.823. The van der Waals surface area contributed by atoms with Gasteiger partial charge in [0.25, 0.3) is 0 Å². The van der Waals surface area contributed by atoms with E-state index < -0.39 is 0 Å². The number of hydrogen-bond donors (Lipinski definition) is 1. The molecule has 1 atom stereocenters. The molecule has 1 aliphatic carbocycles. The fourth-order valence-electron chi connectivity index (χ4n) is 2.21. The van der Waals surface area contributed by atoms with Crippen LogP contribution in [0.3, 0.4) is 0 Å². The predicted molar refractivity (Wildman–Crippen MR) is 61.7 cm³/mol. The first-order chi connectivity index (χ1) is 7.14. The molecule has 1 saturated carbocycles. The zero-order valence-corrected chi connectivity index (χ0v) is 9.74. The van der Waals surface area contributed by atoms with Crippen molar-refractivity contribution >= 4 is 0 Å². The van der Waals surface area contributed by atoms with Crippen molar-refractivity contribution in [2.75, 3.05) is 0 Å². The molecular formula is C12H21N3. The van der Waals surface area contributed by atoms with Crippen LogP contribution in [0.15, 0.2) is 12.5 Å². The first kappa shape index (κ1) is 10.7. The first-order valence-corrected chi connectivity index (χ1v) is 5.93. The van der Waals surface area contributed by atoms with Crippen molar-refractivity contribution < 1.29 is 0 Å². The van der Waals surface area contributed by atoms with Gasteiger partial charge in [0, 0.05) is 24.0 Å². The van der Waals surface area contributed by atoms with E-state index in [1.807, 2.05) is 12.5 Å². The van der Waals surface area contributed by atoms with Gasteiger partial charge in [-0.2, -0.15) is 0 Å². The van der Waals surface area contributed by atoms with Gasteiger partial charge in [0.15, 0.2) is 0 Å². The highest BCUT2D eigenvalue weighted by atomic mass is 15.1. The topological polar surface area (TPSA) is 43.8 Å². The van der Waals surface area contributed by atoms with Crippen molar-refractivity contribution in [3.8, 4) is 0 Å². The van der Waals surface area contributed by atoms with Gasteiger partial charge in [-0.25, -0.2) is 4.98 Å². The van der Waals surface area contributed by atoms with Gasteiger partial charge in [-0.15, -0.1) is 0 Å². The van der Waals surface area contributed by atoms with Gasteiger partial charge in [0.2, 0.25) is 0 Å². The van der Waals surface area contributed by atoms with Crippen molar-refractivity contribution in [2.24, 2.45) is 5.73 Å². The lowest BCUT2D eigenvalue weighted by atomic mass is 9.77. The van der Waals surface area contributed by atoms with Crippen molar-refractivity contribution in [3.05, 3.63) is 18.2 Å². The lowest BCUT2D eigenvalue weighted by Gasteiger charge is -2.38. The molecule has 2 N–H and O–H groups in total. The summed E-state index contributed by atoms with van der Waals surface area (Å²) in [5, 5.41) is 0. The summed E-state index contributed by atoms with van der Waals surface area (Å²) in [4.78, 5) is 4.24. The number of nitrogens with two attached hydrogens (primary N) is 1. The van der Waals surface area contributed by atoms with Crippen molar-refractivity contribution in [1.82, 2.24) is 9.55 Å². The lowest BCUT2D eigenvalue weighted by Crippen LogP contribution is -2.50. The van der Waals surface area contributed by atoms with Crippen LogP contribution in [0.1, 0.15) is 51.1 Å². The van der Waals surface area contributed by atoms with E-state index in [9.17, 15) is 0 Å². The van der Waals surface area contributed by atoms with Crippen molar-refractivity contribution in [3.63, 3.8) is 0 Å². The molecular weight excluding hydrogens is 186 g/mol. The summed E-state index contributed by atoms with van der Waals surface area (Å²) in [6.07, 6.45) is 8.66. The molecule has 3 nitrogen and oxygen atoms in total. The van der Waals surface area contributed by atoms with Crippen LogP contribution in [-0.4, -0.2) is 15.1 Å². The van der Waals surface area contributed by atoms with Crippen LogP contribution in [-0.2, 0) is 6.54 Å². The molecule has 1 fully saturated rings. The second kappa shape index (κ2) is 3.97. The number of rotatable bonds is 4. The molecule has 0 spiro atoms. The van der Waals surface area contributed by atoms with Crippen molar-refractivity contribution in [2.45, 2.75) is 57.5 Å². The Labute approximate surface area is 91.7 Å². The molecule has 0 aliphatic heterocycles. The summed E-state index contributed by atoms with van der Waals surface area (Å²) in [5.41, 5.74) is 7.63. The molecule has 0 radical (unpaired) electrons. The Bertz CT molecular complexity index is 325. The predicted octanol–water partition coefficient (Wildman–Crippen LogP) is 2.28. The van der Waals surface area contributed by atoms with E-state index in [0.29, 0.717) is 5.92 Å². The van der Waals surface area contributed by atoms with Gasteiger partial charge >= 0.3 is 0 Å². The zero-order valence-electron chi connectivity index (χ0n) is 9.74. The summed E-state index contributed by atoms with van der Waals surface area (Å²) < 4.78 is 2.24. The molecule has 15 heavy (non-hydrogen) atoms. The highest BCUT2D eigenvalue weighted by Crippen LogP contribution is 2.31. The summed E-state index contributed by atoms with van der Waals surface area (Å²) >= 11 is 0. The third kappa shape index (κ3) is 2.07. The van der Waals surface area contributed by atoms with Crippen LogP contribution in [0.5, 0.6) is 0 Å². The van der Waals surface area contributed by atoms with E-state index in [1.165, 1.54) is 12.1 Å². The van der Waals surface area contributed by atoms with E-state index in [4.69, 9.17) is 5.73 Å². The van der Waals surface area contributed by atoms with E-state index in [0.717, 1.165) is 25.8 Å². The summed E-state index contributed by atoms with van der Waals surface area (Å²) in [6, 6.07) is 0. The first-order valence-electron chi connectivity index (χ1n) is 5.93. The van der Waals surface area contributed by atoms with E-state index >= 15 is 0 Å². The Morgan fingerprint density at radius 2 is 2.33 bits per heavy atom. The van der Waals surface area contributed by atoms with E-state index in [2.05, 4.69) is 23.4 Å². The maximum absolute atomic E-state index is 6.26. The van der Waals surface area contributed by atoms with Crippen LogP contribution in [0.2, 0.25) is 0 Å². The molecule has 1 unspecified atom stereocenters. The molecule has 0 bridgehead atoms. The minimum atomic E-state index is 0.0446. The molecule has 1 aliphatic rings.